The third-order valence-corrected chi connectivity index (χ3v) is 14.2. The molecule has 2 aliphatic carbocycles. The zero-order chi connectivity index (χ0) is 45.7. The molecule has 0 N–H and O–H groups in total. The van der Waals surface area contributed by atoms with Gasteiger partial charge in [-0.2, -0.15) is 0 Å². The van der Waals surface area contributed by atoms with Crippen molar-refractivity contribution in [3.63, 3.8) is 0 Å². The lowest BCUT2D eigenvalue weighted by atomic mass is 9.92. The molecule has 0 aliphatic heterocycles. The number of anilines is 2. The number of hydrogen-bond acceptors (Lipinski definition) is 2. The van der Waals surface area contributed by atoms with Crippen molar-refractivity contribution in [3.8, 4) is 39.1 Å². The summed E-state index contributed by atoms with van der Waals surface area (Å²) in [6.07, 6.45) is 11.1. The maximum Gasteiger partial charge on any atom is 0.138 e. The van der Waals surface area contributed by atoms with Crippen molar-refractivity contribution < 1.29 is 4.42 Å². The van der Waals surface area contributed by atoms with Crippen LogP contribution in [0.15, 0.2) is 247 Å². The molecule has 0 fully saturated rings. The van der Waals surface area contributed by atoms with Crippen molar-refractivity contribution in [3.05, 3.63) is 264 Å². The minimum Gasteiger partial charge on any atom is -0.456 e. The molecule has 0 saturated carbocycles. The number of rotatable bonds is 9. The van der Waals surface area contributed by atoms with Gasteiger partial charge >= 0.3 is 0 Å². The highest BCUT2D eigenvalue weighted by atomic mass is 16.3. The first-order valence-corrected chi connectivity index (χ1v) is 24.2. The Morgan fingerprint density at radius 3 is 1.61 bits per heavy atom. The van der Waals surface area contributed by atoms with Gasteiger partial charge in [0.05, 0.1) is 16.7 Å². The van der Waals surface area contributed by atoms with E-state index in [9.17, 15) is 0 Å². The first-order chi connectivity index (χ1) is 34.2. The van der Waals surface area contributed by atoms with E-state index in [2.05, 4.69) is 246 Å². The summed E-state index contributed by atoms with van der Waals surface area (Å²) in [5.41, 5.74) is 21.0. The van der Waals surface area contributed by atoms with Gasteiger partial charge in [0.2, 0.25) is 0 Å². The zero-order valence-electron chi connectivity index (χ0n) is 38.2. The van der Waals surface area contributed by atoms with Gasteiger partial charge in [-0.05, 0) is 119 Å². The smallest absolute Gasteiger partial charge is 0.138 e. The van der Waals surface area contributed by atoms with Crippen LogP contribution in [0.3, 0.4) is 0 Å². The lowest BCUT2D eigenvalue weighted by Crippen LogP contribution is -2.26. The summed E-state index contributed by atoms with van der Waals surface area (Å²) in [5.74, 6) is 0. The molecule has 2 aliphatic rings. The molecule has 0 radical (unpaired) electrons. The number of benzene rings is 9. The standard InChI is InChI=1S/C66H48N2O/c1-2-16-45(17-3-1)50-18-14-19-51(44-50)48-38-42-53(43-39-48)67(52-40-36-47(37-41-52)46-32-34-49(35-33-46)54-25-15-26-60-59-24-8-13-31-65(59)69-66(54)60)61-27-9-4-20-55(61)56-21-5-10-28-62(56)68-63-29-11-6-22-57(63)58-23-7-12-30-64(58)68/h1-3,5-8,10-14,16-24,26-44H,4,9,15,25H2. The second-order valence-electron chi connectivity index (χ2n) is 18.2. The second-order valence-corrected chi connectivity index (χ2v) is 18.2. The molecule has 0 amide bonds. The first kappa shape index (κ1) is 40.6. The van der Waals surface area contributed by atoms with Gasteiger partial charge in [-0.3, -0.25) is 0 Å². The lowest BCUT2D eigenvalue weighted by Gasteiger charge is -2.32. The summed E-state index contributed by atoms with van der Waals surface area (Å²) in [5, 5.41) is 4.94. The Bertz CT molecular complexity index is 3870. The molecule has 11 aromatic rings. The molecule has 3 nitrogen and oxygen atoms in total. The molecule has 3 heteroatoms. The van der Waals surface area contributed by atoms with Gasteiger partial charge in [0.25, 0.3) is 0 Å². The molecule has 0 atom stereocenters. The molecule has 0 spiro atoms. The Morgan fingerprint density at radius 1 is 0.391 bits per heavy atom. The van der Waals surface area contributed by atoms with Gasteiger partial charge in [0.1, 0.15) is 11.0 Å². The van der Waals surface area contributed by atoms with Gasteiger partial charge in [-0.15, -0.1) is 0 Å². The third kappa shape index (κ3) is 7.22. The molecule has 328 valence electrons. The number of aromatic nitrogens is 1. The maximum atomic E-state index is 6.46. The fraction of sp³-hybridized carbons (Fsp3) is 0.0606. The molecule has 13 rings (SSSR count). The monoisotopic (exact) mass is 884 g/mol. The minimum atomic E-state index is 0.951. The third-order valence-electron chi connectivity index (χ3n) is 14.2. The van der Waals surface area contributed by atoms with Crippen LogP contribution in [-0.4, -0.2) is 4.57 Å². The fourth-order valence-corrected chi connectivity index (χ4v) is 10.8. The molecule has 0 bridgehead atoms. The SMILES string of the molecule is C1=C(c2ccccc2-n2c3ccccc3c3ccccc32)C(N(c2ccc(-c3ccc(C4=c5oc6ccccc6c5=CCC4)cc3)cc2)c2ccc(-c3cccc(-c4ccccc4)c3)cc2)=CCC1. The van der Waals surface area contributed by atoms with E-state index in [1.54, 1.807) is 0 Å². The zero-order valence-corrected chi connectivity index (χ0v) is 38.2. The van der Waals surface area contributed by atoms with Crippen LogP contribution < -0.4 is 15.5 Å². The van der Waals surface area contributed by atoms with Crippen LogP contribution in [0.4, 0.5) is 11.4 Å². The number of hydrogen-bond donors (Lipinski definition) is 0. The van der Waals surface area contributed by atoms with Crippen LogP contribution in [0, 0.1) is 0 Å². The van der Waals surface area contributed by atoms with Crippen molar-refractivity contribution in [2.75, 3.05) is 4.90 Å². The molecular weight excluding hydrogens is 837 g/mol. The summed E-state index contributed by atoms with van der Waals surface area (Å²) in [6.45, 7) is 0. The van der Waals surface area contributed by atoms with Gasteiger partial charge < -0.3 is 13.9 Å². The fourth-order valence-electron chi connectivity index (χ4n) is 10.8. The van der Waals surface area contributed by atoms with E-state index >= 15 is 0 Å². The summed E-state index contributed by atoms with van der Waals surface area (Å²) in [6, 6.07) is 81.7. The van der Waals surface area contributed by atoms with E-state index in [1.165, 1.54) is 99.4 Å². The molecular formula is C66H48N2O. The van der Waals surface area contributed by atoms with Crippen LogP contribution in [0.1, 0.15) is 36.8 Å². The van der Waals surface area contributed by atoms with Crippen molar-refractivity contribution in [2.45, 2.75) is 25.7 Å². The van der Waals surface area contributed by atoms with Gasteiger partial charge in [-0.25, -0.2) is 0 Å². The Kier molecular flexibility index (Phi) is 10.1. The lowest BCUT2D eigenvalue weighted by molar-refractivity contribution is 0.568. The van der Waals surface area contributed by atoms with Gasteiger partial charge in [0.15, 0.2) is 0 Å². The number of fused-ring (bicyclic) bond motifs is 6. The summed E-state index contributed by atoms with van der Waals surface area (Å²) in [4.78, 5) is 2.46. The number of para-hydroxylation sites is 4. The average molecular weight is 885 g/mol. The van der Waals surface area contributed by atoms with Crippen LogP contribution in [0.2, 0.25) is 0 Å². The van der Waals surface area contributed by atoms with Crippen LogP contribution in [0.5, 0.6) is 0 Å². The largest absolute Gasteiger partial charge is 0.456 e. The highest BCUT2D eigenvalue weighted by molar-refractivity contribution is 6.10. The first-order valence-electron chi connectivity index (χ1n) is 24.2. The van der Waals surface area contributed by atoms with E-state index in [0.717, 1.165) is 48.1 Å². The predicted molar refractivity (Wildman–Crippen MR) is 289 cm³/mol. The molecule has 9 aromatic carbocycles. The van der Waals surface area contributed by atoms with Crippen molar-refractivity contribution in [1.29, 1.82) is 0 Å². The molecule has 2 heterocycles. The van der Waals surface area contributed by atoms with Crippen LogP contribution in [0.25, 0.3) is 89.1 Å². The molecule has 0 unspecified atom stereocenters. The van der Waals surface area contributed by atoms with Crippen molar-refractivity contribution >= 4 is 61.4 Å². The second kappa shape index (κ2) is 17.2. The number of allylic oxidation sites excluding steroid dienone is 3. The van der Waals surface area contributed by atoms with E-state index in [-0.39, 0.29) is 0 Å². The average Bonchev–Trinajstić information content (AvgIpc) is 3.98. The summed E-state index contributed by atoms with van der Waals surface area (Å²) < 4.78 is 8.91. The quantitative estimate of drug-likeness (QED) is 0.144. The highest BCUT2D eigenvalue weighted by Gasteiger charge is 2.25. The number of nitrogens with zero attached hydrogens (tertiary/aromatic N) is 2. The summed E-state index contributed by atoms with van der Waals surface area (Å²) in [7, 11) is 0. The van der Waals surface area contributed by atoms with Crippen LogP contribution >= 0.6 is 0 Å². The van der Waals surface area contributed by atoms with E-state index in [4.69, 9.17) is 4.42 Å². The Balaban J connectivity index is 0.897. The molecule has 2 aromatic heterocycles. The van der Waals surface area contributed by atoms with E-state index in [0.29, 0.717) is 0 Å². The van der Waals surface area contributed by atoms with E-state index in [1.807, 2.05) is 6.07 Å². The normalized spacial score (nSPS) is 13.5. The minimum absolute atomic E-state index is 0.951. The Labute approximate surface area is 402 Å². The molecule has 69 heavy (non-hydrogen) atoms. The Morgan fingerprint density at radius 2 is 0.913 bits per heavy atom. The van der Waals surface area contributed by atoms with Gasteiger partial charge in [-0.1, -0.05) is 188 Å². The van der Waals surface area contributed by atoms with Crippen LogP contribution in [-0.2, 0) is 0 Å². The highest BCUT2D eigenvalue weighted by Crippen LogP contribution is 2.43. The summed E-state index contributed by atoms with van der Waals surface area (Å²) >= 11 is 0. The topological polar surface area (TPSA) is 21.3 Å². The Hall–Kier alpha value is -8.66. The van der Waals surface area contributed by atoms with E-state index < -0.39 is 0 Å². The predicted octanol–water partition coefficient (Wildman–Crippen LogP) is 16.2. The number of furan rings is 1. The van der Waals surface area contributed by atoms with Crippen molar-refractivity contribution in [1.82, 2.24) is 4.57 Å². The molecule has 0 saturated heterocycles. The maximum absolute atomic E-state index is 6.46. The van der Waals surface area contributed by atoms with Crippen molar-refractivity contribution in [2.24, 2.45) is 0 Å². The van der Waals surface area contributed by atoms with Gasteiger partial charge in [0, 0.05) is 55.2 Å².